The van der Waals surface area contributed by atoms with Crippen LogP contribution in [-0.2, 0) is 19.4 Å². The number of hydrogen-bond donors (Lipinski definition) is 2. The summed E-state index contributed by atoms with van der Waals surface area (Å²) in [5.41, 5.74) is 10.1. The van der Waals surface area contributed by atoms with E-state index in [-0.39, 0.29) is 18.1 Å². The molecule has 0 aliphatic carbocycles. The Morgan fingerprint density at radius 1 is 1.29 bits per heavy atom. The maximum Gasteiger partial charge on any atom is 0.232 e. The fraction of sp³-hybridized carbons (Fsp3) is 0.778. The molecule has 0 aromatic heterocycles. The van der Waals surface area contributed by atoms with Crippen LogP contribution in [0, 0.1) is 0 Å². The molecule has 0 fully saturated rings. The maximum atomic E-state index is 11.5. The molecule has 100 valence electrons. The molecular formula is C9H19N3O4S. The predicted octanol–water partition coefficient (Wildman–Crippen LogP) is -1.92. The number of amides is 2. The number of hydrogen-bond acceptors (Lipinski definition) is 5. The third kappa shape index (κ3) is 7.70. The van der Waals surface area contributed by atoms with Crippen LogP contribution in [-0.4, -0.2) is 56.8 Å². The Morgan fingerprint density at radius 3 is 2.35 bits per heavy atom. The van der Waals surface area contributed by atoms with Crippen molar-refractivity contribution in [3.8, 4) is 0 Å². The van der Waals surface area contributed by atoms with E-state index in [0.29, 0.717) is 19.5 Å². The van der Waals surface area contributed by atoms with Crippen molar-refractivity contribution in [2.45, 2.75) is 12.8 Å². The van der Waals surface area contributed by atoms with Gasteiger partial charge in [-0.2, -0.15) is 0 Å². The van der Waals surface area contributed by atoms with Gasteiger partial charge in [-0.3, -0.25) is 9.59 Å². The molecule has 0 radical (unpaired) electrons. The average Bonchev–Trinajstić information content (AvgIpc) is 2.20. The first kappa shape index (κ1) is 15.9. The van der Waals surface area contributed by atoms with Crippen LogP contribution >= 0.6 is 0 Å². The molecule has 7 nitrogen and oxygen atoms in total. The van der Waals surface area contributed by atoms with E-state index in [1.54, 1.807) is 7.05 Å². The zero-order valence-corrected chi connectivity index (χ0v) is 10.7. The van der Waals surface area contributed by atoms with Crippen LogP contribution in [0.3, 0.4) is 0 Å². The molecule has 4 N–H and O–H groups in total. The van der Waals surface area contributed by atoms with Crippen molar-refractivity contribution in [2.75, 3.05) is 31.6 Å². The fourth-order valence-corrected chi connectivity index (χ4v) is 2.24. The highest BCUT2D eigenvalue weighted by atomic mass is 32.2. The van der Waals surface area contributed by atoms with Crippen LogP contribution in [0.25, 0.3) is 0 Å². The summed E-state index contributed by atoms with van der Waals surface area (Å²) in [7, 11) is -1.99. The second-order valence-electron chi connectivity index (χ2n) is 3.77. The van der Waals surface area contributed by atoms with Crippen LogP contribution < -0.4 is 11.5 Å². The van der Waals surface area contributed by atoms with Gasteiger partial charge in [0.25, 0.3) is 0 Å². The normalized spacial score (nSPS) is 11.2. The van der Waals surface area contributed by atoms with E-state index >= 15 is 0 Å². The van der Waals surface area contributed by atoms with Crippen molar-refractivity contribution >= 4 is 21.7 Å². The van der Waals surface area contributed by atoms with Gasteiger partial charge >= 0.3 is 0 Å². The molecule has 0 rings (SSSR count). The molecule has 0 aromatic rings. The van der Waals surface area contributed by atoms with Crippen LogP contribution in [0.15, 0.2) is 0 Å². The van der Waals surface area contributed by atoms with E-state index in [2.05, 4.69) is 0 Å². The zero-order chi connectivity index (χ0) is 13.5. The first-order chi connectivity index (χ1) is 7.78. The molecule has 17 heavy (non-hydrogen) atoms. The third-order valence-electron chi connectivity index (χ3n) is 2.11. The molecule has 0 aliphatic heterocycles. The standard InChI is InChI=1S/C9H19N3O4S/c1-12(5-2-4-10)9(14)3-6-17(15,16)7-8(11)13/h2-7,10H2,1H3,(H2,11,13). The van der Waals surface area contributed by atoms with E-state index in [4.69, 9.17) is 11.5 Å². The number of carbonyl (C=O) groups excluding carboxylic acids is 2. The SMILES string of the molecule is CN(CCCN)C(=O)CCS(=O)(=O)CC(N)=O. The molecule has 0 bridgehead atoms. The van der Waals surface area contributed by atoms with Crippen molar-refractivity contribution in [1.29, 1.82) is 0 Å². The van der Waals surface area contributed by atoms with Crippen molar-refractivity contribution in [2.24, 2.45) is 11.5 Å². The van der Waals surface area contributed by atoms with Gasteiger partial charge in [0.05, 0.1) is 5.75 Å². The summed E-state index contributed by atoms with van der Waals surface area (Å²) in [4.78, 5) is 23.4. The molecule has 0 aliphatic rings. The Kier molecular flexibility index (Phi) is 6.74. The summed E-state index contributed by atoms with van der Waals surface area (Å²) >= 11 is 0. The smallest absolute Gasteiger partial charge is 0.232 e. The highest BCUT2D eigenvalue weighted by Gasteiger charge is 2.17. The van der Waals surface area contributed by atoms with E-state index in [9.17, 15) is 18.0 Å². The highest BCUT2D eigenvalue weighted by Crippen LogP contribution is 1.98. The molecule has 0 spiro atoms. The Bertz CT molecular complexity index is 366. The van der Waals surface area contributed by atoms with Crippen molar-refractivity contribution in [1.82, 2.24) is 4.90 Å². The molecule has 8 heteroatoms. The molecule has 0 atom stereocenters. The fourth-order valence-electron chi connectivity index (χ4n) is 1.18. The minimum Gasteiger partial charge on any atom is -0.369 e. The summed E-state index contributed by atoms with van der Waals surface area (Å²) < 4.78 is 22.6. The number of nitrogens with zero attached hydrogens (tertiary/aromatic N) is 1. The number of rotatable bonds is 8. The summed E-state index contributed by atoms with van der Waals surface area (Å²) in [6.07, 6.45) is 0.521. The van der Waals surface area contributed by atoms with E-state index in [1.165, 1.54) is 4.90 Å². The summed E-state index contributed by atoms with van der Waals surface area (Å²) in [5, 5.41) is 0. The Morgan fingerprint density at radius 2 is 1.88 bits per heavy atom. The third-order valence-corrected chi connectivity index (χ3v) is 3.66. The topological polar surface area (TPSA) is 124 Å². The Balaban J connectivity index is 4.11. The lowest BCUT2D eigenvalue weighted by atomic mass is 10.3. The first-order valence-electron chi connectivity index (χ1n) is 5.21. The molecule has 0 unspecified atom stereocenters. The lowest BCUT2D eigenvalue weighted by Gasteiger charge is -2.16. The van der Waals surface area contributed by atoms with E-state index in [1.807, 2.05) is 0 Å². The van der Waals surface area contributed by atoms with Crippen LogP contribution in [0.2, 0.25) is 0 Å². The predicted molar refractivity (Wildman–Crippen MR) is 63.8 cm³/mol. The van der Waals surface area contributed by atoms with Gasteiger partial charge in [0.1, 0.15) is 5.75 Å². The number of nitrogens with two attached hydrogens (primary N) is 2. The van der Waals surface area contributed by atoms with Crippen molar-refractivity contribution < 1.29 is 18.0 Å². The molecule has 0 aromatic carbocycles. The second-order valence-corrected chi connectivity index (χ2v) is 5.95. The minimum absolute atomic E-state index is 0.142. The van der Waals surface area contributed by atoms with Gasteiger partial charge in [-0.25, -0.2) is 8.42 Å². The molecule has 0 saturated heterocycles. The zero-order valence-electron chi connectivity index (χ0n) is 9.89. The largest absolute Gasteiger partial charge is 0.369 e. The maximum absolute atomic E-state index is 11.5. The van der Waals surface area contributed by atoms with Crippen LogP contribution in [0.5, 0.6) is 0 Å². The van der Waals surface area contributed by atoms with Gasteiger partial charge in [0, 0.05) is 20.0 Å². The second kappa shape index (κ2) is 7.23. The van der Waals surface area contributed by atoms with E-state index < -0.39 is 21.5 Å². The van der Waals surface area contributed by atoms with Gasteiger partial charge in [0.15, 0.2) is 9.84 Å². The van der Waals surface area contributed by atoms with Crippen LogP contribution in [0.4, 0.5) is 0 Å². The van der Waals surface area contributed by atoms with Gasteiger partial charge in [0.2, 0.25) is 11.8 Å². The highest BCUT2D eigenvalue weighted by molar-refractivity contribution is 7.92. The average molecular weight is 265 g/mol. The molecule has 2 amide bonds. The van der Waals surface area contributed by atoms with Crippen molar-refractivity contribution in [3.05, 3.63) is 0 Å². The van der Waals surface area contributed by atoms with E-state index in [0.717, 1.165) is 0 Å². The van der Waals surface area contributed by atoms with Crippen molar-refractivity contribution in [3.63, 3.8) is 0 Å². The lowest BCUT2D eigenvalue weighted by Crippen LogP contribution is -2.32. The number of sulfone groups is 1. The Labute approximate surface area is 101 Å². The first-order valence-corrected chi connectivity index (χ1v) is 7.03. The van der Waals surface area contributed by atoms with Gasteiger partial charge in [-0.05, 0) is 13.0 Å². The number of carbonyl (C=O) groups is 2. The monoisotopic (exact) mass is 265 g/mol. The van der Waals surface area contributed by atoms with Gasteiger partial charge < -0.3 is 16.4 Å². The molecule has 0 saturated carbocycles. The summed E-state index contributed by atoms with van der Waals surface area (Å²) in [6, 6.07) is 0. The van der Waals surface area contributed by atoms with Crippen LogP contribution in [0.1, 0.15) is 12.8 Å². The number of primary amides is 1. The lowest BCUT2D eigenvalue weighted by molar-refractivity contribution is -0.129. The quantitative estimate of drug-likeness (QED) is 0.529. The van der Waals surface area contributed by atoms with Gasteiger partial charge in [-0.1, -0.05) is 0 Å². The summed E-state index contributed by atoms with van der Waals surface area (Å²) in [6.45, 7) is 0.961. The molecule has 0 heterocycles. The summed E-state index contributed by atoms with van der Waals surface area (Å²) in [5.74, 6) is -2.27. The van der Waals surface area contributed by atoms with Gasteiger partial charge in [-0.15, -0.1) is 0 Å². The molecular weight excluding hydrogens is 246 g/mol. The Hall–Kier alpha value is -1.15. The minimum atomic E-state index is -3.58.